The van der Waals surface area contributed by atoms with Gasteiger partial charge in [-0.1, -0.05) is 6.92 Å². The second-order valence-electron chi connectivity index (χ2n) is 4.90. The molecule has 0 fully saturated rings. The van der Waals surface area contributed by atoms with Crippen molar-refractivity contribution in [3.05, 3.63) is 22.2 Å². The molecule has 10 nitrogen and oxygen atoms in total. The van der Waals surface area contributed by atoms with Crippen LogP contribution in [0.3, 0.4) is 0 Å². The number of methoxy groups -OCH3 is 1. The van der Waals surface area contributed by atoms with Crippen LogP contribution in [0, 0.1) is 10.1 Å². The van der Waals surface area contributed by atoms with Crippen LogP contribution in [-0.4, -0.2) is 54.8 Å². The summed E-state index contributed by atoms with van der Waals surface area (Å²) in [7, 11) is 1.46. The summed E-state index contributed by atoms with van der Waals surface area (Å²) >= 11 is 0. The van der Waals surface area contributed by atoms with E-state index in [0.29, 0.717) is 6.42 Å². The number of amides is 1. The Morgan fingerprint density at radius 1 is 1.46 bits per heavy atom. The molecule has 2 heterocycles. The number of nitro groups is 1. The zero-order valence-electron chi connectivity index (χ0n) is 13.3. The fourth-order valence-corrected chi connectivity index (χ4v) is 2.12. The average molecular weight is 339 g/mol. The van der Waals surface area contributed by atoms with Crippen molar-refractivity contribution in [2.45, 2.75) is 19.4 Å². The van der Waals surface area contributed by atoms with E-state index in [1.807, 2.05) is 0 Å². The van der Waals surface area contributed by atoms with Crippen molar-refractivity contribution in [1.29, 1.82) is 0 Å². The van der Waals surface area contributed by atoms with Crippen LogP contribution in [0.5, 0.6) is 5.75 Å². The predicted octanol–water partition coefficient (Wildman–Crippen LogP) is 0.683. The second-order valence-corrected chi connectivity index (χ2v) is 4.90. The molecule has 130 valence electrons. The molecule has 0 saturated carbocycles. The Morgan fingerprint density at radius 2 is 2.21 bits per heavy atom. The van der Waals surface area contributed by atoms with Crippen molar-refractivity contribution in [2.24, 2.45) is 0 Å². The van der Waals surface area contributed by atoms with Crippen LogP contribution in [0.2, 0.25) is 0 Å². The molecular weight excluding hydrogens is 322 g/mol. The second kappa shape index (κ2) is 7.68. The summed E-state index contributed by atoms with van der Waals surface area (Å²) in [5.41, 5.74) is 0. The molecule has 0 radical (unpaired) electrons. The third-order valence-corrected chi connectivity index (χ3v) is 3.29. The van der Waals surface area contributed by atoms with Crippen LogP contribution in [0.25, 0.3) is 0 Å². The maximum atomic E-state index is 12.4. The van der Waals surface area contributed by atoms with Crippen molar-refractivity contribution in [1.82, 2.24) is 4.98 Å². The average Bonchev–Trinajstić information content (AvgIpc) is 2.56. The van der Waals surface area contributed by atoms with Gasteiger partial charge in [-0.2, -0.15) is 0 Å². The first-order valence-corrected chi connectivity index (χ1v) is 7.26. The van der Waals surface area contributed by atoms with Gasteiger partial charge in [0.05, 0.1) is 6.61 Å². The number of aromatic nitrogens is 1. The zero-order valence-corrected chi connectivity index (χ0v) is 13.3. The van der Waals surface area contributed by atoms with Gasteiger partial charge in [-0.3, -0.25) is 14.5 Å². The van der Waals surface area contributed by atoms with Gasteiger partial charge in [0.2, 0.25) is 0 Å². The van der Waals surface area contributed by atoms with Crippen LogP contribution in [-0.2, 0) is 19.1 Å². The summed E-state index contributed by atoms with van der Waals surface area (Å²) in [4.78, 5) is 39.4. The Kier molecular flexibility index (Phi) is 5.64. The lowest BCUT2D eigenvalue weighted by Gasteiger charge is -2.29. The molecule has 1 aromatic heterocycles. The summed E-state index contributed by atoms with van der Waals surface area (Å²) in [6, 6.07) is 2.54. The van der Waals surface area contributed by atoms with Gasteiger partial charge in [-0.05, 0) is 22.4 Å². The minimum absolute atomic E-state index is 0.0420. The van der Waals surface area contributed by atoms with Crippen LogP contribution < -0.4 is 9.64 Å². The standard InChI is InChI=1S/C14H17N3O7/c1-3-9-14(19)16(8-12(18)23-7-6-22-2)13-10(24-9)4-5-11(15-13)17(20)21/h4-5,9H,3,6-8H2,1-2H3. The van der Waals surface area contributed by atoms with Crippen molar-refractivity contribution in [2.75, 3.05) is 31.8 Å². The quantitative estimate of drug-likeness (QED) is 0.308. The van der Waals surface area contributed by atoms with Gasteiger partial charge in [0.25, 0.3) is 11.7 Å². The predicted molar refractivity (Wildman–Crippen MR) is 80.8 cm³/mol. The molecule has 1 amide bonds. The van der Waals surface area contributed by atoms with Crippen LogP contribution in [0.1, 0.15) is 13.3 Å². The SMILES string of the molecule is CCC1Oc2ccc([N+](=O)[O-])nc2N(CC(=O)OCCOC)C1=O. The van der Waals surface area contributed by atoms with E-state index in [4.69, 9.17) is 14.2 Å². The molecule has 1 aliphatic heterocycles. The highest BCUT2D eigenvalue weighted by Crippen LogP contribution is 2.34. The summed E-state index contributed by atoms with van der Waals surface area (Å²) < 4.78 is 15.2. The molecular formula is C14H17N3O7. The van der Waals surface area contributed by atoms with Gasteiger partial charge < -0.3 is 24.3 Å². The lowest BCUT2D eigenvalue weighted by atomic mass is 10.2. The lowest BCUT2D eigenvalue weighted by Crippen LogP contribution is -2.48. The minimum Gasteiger partial charge on any atom is -0.474 e. The fraction of sp³-hybridized carbons (Fsp3) is 0.500. The van der Waals surface area contributed by atoms with Gasteiger partial charge in [-0.25, -0.2) is 0 Å². The van der Waals surface area contributed by atoms with E-state index in [-0.39, 0.29) is 24.8 Å². The molecule has 1 atom stereocenters. The third kappa shape index (κ3) is 3.77. The first-order chi connectivity index (χ1) is 11.5. The molecule has 0 bridgehead atoms. The van der Waals surface area contributed by atoms with Crippen LogP contribution in [0.15, 0.2) is 12.1 Å². The van der Waals surface area contributed by atoms with E-state index in [9.17, 15) is 19.7 Å². The summed E-state index contributed by atoms with van der Waals surface area (Å²) in [6.07, 6.45) is -0.405. The number of hydrogen-bond donors (Lipinski definition) is 0. The Bertz CT molecular complexity index is 649. The number of rotatable bonds is 7. The number of anilines is 1. The van der Waals surface area contributed by atoms with Crippen LogP contribution >= 0.6 is 0 Å². The number of carbonyl (C=O) groups excluding carboxylic acids is 2. The smallest absolute Gasteiger partial charge is 0.366 e. The number of ether oxygens (including phenoxy) is 3. The Balaban J connectivity index is 2.27. The number of pyridine rings is 1. The van der Waals surface area contributed by atoms with E-state index in [0.717, 1.165) is 4.90 Å². The molecule has 1 aromatic rings. The lowest BCUT2D eigenvalue weighted by molar-refractivity contribution is -0.389. The van der Waals surface area contributed by atoms with Crippen molar-refractivity contribution < 1.29 is 28.7 Å². The van der Waals surface area contributed by atoms with E-state index < -0.39 is 35.3 Å². The number of fused-ring (bicyclic) bond motifs is 1. The van der Waals surface area contributed by atoms with Crippen molar-refractivity contribution in [3.8, 4) is 5.75 Å². The first-order valence-electron chi connectivity index (χ1n) is 7.26. The molecule has 0 aromatic carbocycles. The zero-order chi connectivity index (χ0) is 17.7. The van der Waals surface area contributed by atoms with Crippen LogP contribution in [0.4, 0.5) is 11.6 Å². The normalized spacial score (nSPS) is 16.3. The maximum absolute atomic E-state index is 12.4. The van der Waals surface area contributed by atoms with E-state index in [1.54, 1.807) is 6.92 Å². The Labute approximate surface area is 137 Å². The summed E-state index contributed by atoms with van der Waals surface area (Å²) in [6.45, 7) is 1.60. The van der Waals surface area contributed by atoms with E-state index in [1.165, 1.54) is 19.2 Å². The number of hydrogen-bond acceptors (Lipinski definition) is 8. The topological polar surface area (TPSA) is 121 Å². The molecule has 0 N–H and O–H groups in total. The highest BCUT2D eigenvalue weighted by molar-refractivity contribution is 6.02. The fourth-order valence-electron chi connectivity index (χ4n) is 2.12. The minimum atomic E-state index is -0.785. The summed E-state index contributed by atoms with van der Waals surface area (Å²) in [5.74, 6) is -1.48. The first kappa shape index (κ1) is 17.6. The molecule has 1 unspecified atom stereocenters. The highest BCUT2D eigenvalue weighted by atomic mass is 16.6. The maximum Gasteiger partial charge on any atom is 0.366 e. The van der Waals surface area contributed by atoms with Gasteiger partial charge in [-0.15, -0.1) is 0 Å². The molecule has 2 rings (SSSR count). The molecule has 0 spiro atoms. The molecule has 10 heteroatoms. The molecule has 24 heavy (non-hydrogen) atoms. The number of carbonyl (C=O) groups is 2. The van der Waals surface area contributed by atoms with Gasteiger partial charge in [0.15, 0.2) is 11.9 Å². The monoisotopic (exact) mass is 339 g/mol. The molecule has 0 saturated heterocycles. The highest BCUT2D eigenvalue weighted by Gasteiger charge is 2.39. The molecule has 1 aliphatic rings. The van der Waals surface area contributed by atoms with Gasteiger partial charge in [0.1, 0.15) is 13.2 Å². The van der Waals surface area contributed by atoms with Crippen molar-refractivity contribution in [3.63, 3.8) is 0 Å². The van der Waals surface area contributed by atoms with Gasteiger partial charge in [0, 0.05) is 13.2 Å². The summed E-state index contributed by atoms with van der Waals surface area (Å²) in [5, 5.41) is 10.9. The molecule has 0 aliphatic carbocycles. The Morgan fingerprint density at radius 3 is 2.83 bits per heavy atom. The Hall–Kier alpha value is -2.75. The van der Waals surface area contributed by atoms with Crippen molar-refractivity contribution >= 4 is 23.5 Å². The van der Waals surface area contributed by atoms with Gasteiger partial charge >= 0.3 is 11.8 Å². The number of esters is 1. The third-order valence-electron chi connectivity index (χ3n) is 3.29. The van der Waals surface area contributed by atoms with E-state index in [2.05, 4.69) is 4.98 Å². The number of nitrogens with zero attached hydrogens (tertiary/aromatic N) is 3. The largest absolute Gasteiger partial charge is 0.474 e. The van der Waals surface area contributed by atoms with E-state index >= 15 is 0 Å².